The van der Waals surface area contributed by atoms with Crippen molar-refractivity contribution in [2.75, 3.05) is 31.6 Å². The first-order valence-corrected chi connectivity index (χ1v) is 9.93. The fourth-order valence-corrected chi connectivity index (χ4v) is 4.49. The Balaban J connectivity index is 1.59. The summed E-state index contributed by atoms with van der Waals surface area (Å²) in [6.45, 7) is 8.66. The van der Waals surface area contributed by atoms with Gasteiger partial charge in [0.25, 0.3) is 0 Å². The summed E-state index contributed by atoms with van der Waals surface area (Å²) in [7, 11) is 0. The number of rotatable bonds is 5. The number of nitrogens with zero attached hydrogens (tertiary/aromatic N) is 3. The molecular formula is C17H22N4O2S2. The maximum absolute atomic E-state index is 12.5. The second kappa shape index (κ2) is 8.16. The lowest BCUT2D eigenvalue weighted by Gasteiger charge is -2.28. The van der Waals surface area contributed by atoms with Crippen molar-refractivity contribution in [1.29, 1.82) is 0 Å². The SMILES string of the molecule is Cc1ccc(Nc2nnc(S[C@H](C)C(=O)N3CCOCC3)s2)cc1C. The molecule has 6 nitrogen and oxygen atoms in total. The number of nitrogens with one attached hydrogen (secondary N) is 1. The molecule has 1 aliphatic rings. The number of carbonyl (C=O) groups excluding carboxylic acids is 1. The molecule has 1 aromatic carbocycles. The van der Waals surface area contributed by atoms with Crippen LogP contribution in [0.4, 0.5) is 10.8 Å². The van der Waals surface area contributed by atoms with Crippen LogP contribution >= 0.6 is 23.1 Å². The first-order chi connectivity index (χ1) is 12.0. The van der Waals surface area contributed by atoms with Crippen LogP contribution in [0.3, 0.4) is 0 Å². The molecule has 8 heteroatoms. The first kappa shape index (κ1) is 18.2. The largest absolute Gasteiger partial charge is 0.378 e. The number of ether oxygens (including phenoxy) is 1. The monoisotopic (exact) mass is 378 g/mol. The van der Waals surface area contributed by atoms with Crippen molar-refractivity contribution in [3.05, 3.63) is 29.3 Å². The van der Waals surface area contributed by atoms with E-state index < -0.39 is 0 Å². The van der Waals surface area contributed by atoms with Crippen LogP contribution in [0.2, 0.25) is 0 Å². The van der Waals surface area contributed by atoms with E-state index in [1.54, 1.807) is 0 Å². The Morgan fingerprint density at radius 3 is 2.76 bits per heavy atom. The van der Waals surface area contributed by atoms with E-state index in [0.717, 1.165) is 15.2 Å². The predicted molar refractivity (Wildman–Crippen MR) is 102 cm³/mol. The van der Waals surface area contributed by atoms with Gasteiger partial charge in [0.1, 0.15) is 0 Å². The van der Waals surface area contributed by atoms with Gasteiger partial charge in [0.15, 0.2) is 4.34 Å². The number of morpholine rings is 1. The Bertz CT molecular complexity index is 744. The number of aromatic nitrogens is 2. The molecule has 1 N–H and O–H groups in total. The molecule has 1 aliphatic heterocycles. The topological polar surface area (TPSA) is 67.4 Å². The van der Waals surface area contributed by atoms with Gasteiger partial charge in [-0.05, 0) is 44.0 Å². The molecule has 1 fully saturated rings. The van der Waals surface area contributed by atoms with Crippen LogP contribution in [-0.4, -0.2) is 52.6 Å². The molecule has 1 atom stereocenters. The van der Waals surface area contributed by atoms with Crippen LogP contribution in [0.5, 0.6) is 0 Å². The van der Waals surface area contributed by atoms with E-state index in [-0.39, 0.29) is 11.2 Å². The average Bonchev–Trinajstić information content (AvgIpc) is 3.05. The highest BCUT2D eigenvalue weighted by Crippen LogP contribution is 2.31. The van der Waals surface area contributed by atoms with Gasteiger partial charge in [0.05, 0.1) is 18.5 Å². The van der Waals surface area contributed by atoms with Crippen molar-refractivity contribution < 1.29 is 9.53 Å². The minimum Gasteiger partial charge on any atom is -0.378 e. The molecule has 0 bridgehead atoms. The summed E-state index contributed by atoms with van der Waals surface area (Å²) < 4.78 is 6.09. The van der Waals surface area contributed by atoms with Gasteiger partial charge in [-0.15, -0.1) is 10.2 Å². The Hall–Kier alpha value is -1.64. The van der Waals surface area contributed by atoms with Crippen LogP contribution in [0.15, 0.2) is 22.5 Å². The summed E-state index contributed by atoms with van der Waals surface area (Å²) >= 11 is 2.92. The summed E-state index contributed by atoms with van der Waals surface area (Å²) in [5.41, 5.74) is 3.48. The van der Waals surface area contributed by atoms with Crippen molar-refractivity contribution in [2.45, 2.75) is 30.4 Å². The predicted octanol–water partition coefficient (Wildman–Crippen LogP) is 3.24. The highest BCUT2D eigenvalue weighted by Gasteiger charge is 2.24. The Kier molecular flexibility index (Phi) is 5.93. The maximum atomic E-state index is 12.5. The van der Waals surface area contributed by atoms with Gasteiger partial charge in [-0.25, -0.2) is 0 Å². The normalized spacial score (nSPS) is 15.9. The summed E-state index contributed by atoms with van der Waals surface area (Å²) in [5, 5.41) is 12.2. The van der Waals surface area contributed by atoms with E-state index in [4.69, 9.17) is 4.74 Å². The Morgan fingerprint density at radius 1 is 1.28 bits per heavy atom. The van der Waals surface area contributed by atoms with Gasteiger partial charge in [-0.3, -0.25) is 4.79 Å². The number of thioether (sulfide) groups is 1. The van der Waals surface area contributed by atoms with E-state index in [0.29, 0.717) is 26.3 Å². The lowest BCUT2D eigenvalue weighted by atomic mass is 10.1. The molecule has 1 amide bonds. The number of aryl methyl sites for hydroxylation is 2. The highest BCUT2D eigenvalue weighted by atomic mass is 32.2. The third kappa shape index (κ3) is 4.71. The Labute approximate surface area is 156 Å². The van der Waals surface area contributed by atoms with Gasteiger partial charge in [-0.2, -0.15) is 0 Å². The number of carbonyl (C=O) groups is 1. The number of anilines is 2. The van der Waals surface area contributed by atoms with Crippen molar-refractivity contribution >= 4 is 39.8 Å². The molecule has 3 rings (SSSR count). The summed E-state index contributed by atoms with van der Waals surface area (Å²) in [6, 6.07) is 6.20. The molecule has 0 radical (unpaired) electrons. The molecular weight excluding hydrogens is 356 g/mol. The zero-order valence-electron chi connectivity index (χ0n) is 14.6. The third-order valence-electron chi connectivity index (χ3n) is 4.11. The lowest BCUT2D eigenvalue weighted by Crippen LogP contribution is -2.44. The van der Waals surface area contributed by atoms with E-state index >= 15 is 0 Å². The van der Waals surface area contributed by atoms with Crippen LogP contribution < -0.4 is 5.32 Å². The number of benzene rings is 1. The molecule has 134 valence electrons. The van der Waals surface area contributed by atoms with Gasteiger partial charge in [0.2, 0.25) is 11.0 Å². The summed E-state index contributed by atoms with van der Waals surface area (Å²) in [5.74, 6) is 0.132. The summed E-state index contributed by atoms with van der Waals surface area (Å²) in [6.07, 6.45) is 0. The average molecular weight is 379 g/mol. The van der Waals surface area contributed by atoms with Crippen LogP contribution in [-0.2, 0) is 9.53 Å². The fraction of sp³-hybridized carbons (Fsp3) is 0.471. The van der Waals surface area contributed by atoms with Crippen LogP contribution in [0, 0.1) is 13.8 Å². The van der Waals surface area contributed by atoms with Gasteiger partial charge < -0.3 is 15.0 Å². The molecule has 0 unspecified atom stereocenters. The van der Waals surface area contributed by atoms with Gasteiger partial charge in [0, 0.05) is 18.8 Å². The van der Waals surface area contributed by atoms with Crippen LogP contribution in [0.25, 0.3) is 0 Å². The second-order valence-corrected chi connectivity index (χ2v) is 8.56. The quantitative estimate of drug-likeness (QED) is 0.806. The smallest absolute Gasteiger partial charge is 0.236 e. The highest BCUT2D eigenvalue weighted by molar-refractivity contribution is 8.02. The standard InChI is InChI=1S/C17H22N4O2S2/c1-11-4-5-14(10-12(11)2)18-16-19-20-17(25-16)24-13(3)15(22)21-6-8-23-9-7-21/h4-5,10,13H,6-9H2,1-3H3,(H,18,19)/t13-/m1/s1. The second-order valence-electron chi connectivity index (χ2n) is 5.99. The first-order valence-electron chi connectivity index (χ1n) is 8.24. The van der Waals surface area contributed by atoms with E-state index in [2.05, 4.69) is 41.5 Å². The molecule has 0 spiro atoms. The zero-order valence-corrected chi connectivity index (χ0v) is 16.2. The van der Waals surface area contributed by atoms with Crippen LogP contribution in [0.1, 0.15) is 18.1 Å². The van der Waals surface area contributed by atoms with E-state index in [9.17, 15) is 4.79 Å². The van der Waals surface area contributed by atoms with Crippen molar-refractivity contribution in [2.24, 2.45) is 0 Å². The molecule has 2 aromatic rings. The molecule has 0 saturated carbocycles. The molecule has 25 heavy (non-hydrogen) atoms. The Morgan fingerprint density at radius 2 is 2.04 bits per heavy atom. The van der Waals surface area contributed by atoms with Gasteiger partial charge >= 0.3 is 0 Å². The summed E-state index contributed by atoms with van der Waals surface area (Å²) in [4.78, 5) is 14.3. The van der Waals surface area contributed by atoms with Crippen molar-refractivity contribution in [3.8, 4) is 0 Å². The van der Waals surface area contributed by atoms with E-state index in [1.165, 1.54) is 34.2 Å². The van der Waals surface area contributed by atoms with E-state index in [1.807, 2.05) is 17.9 Å². The lowest BCUT2D eigenvalue weighted by molar-refractivity contribution is -0.134. The molecule has 0 aliphatic carbocycles. The third-order valence-corrected chi connectivity index (χ3v) is 6.12. The zero-order chi connectivity index (χ0) is 17.8. The number of amides is 1. The molecule has 1 aromatic heterocycles. The fourth-order valence-electron chi connectivity index (χ4n) is 2.49. The molecule has 2 heterocycles. The minimum absolute atomic E-state index is 0.132. The van der Waals surface area contributed by atoms with Gasteiger partial charge in [-0.1, -0.05) is 29.2 Å². The number of hydrogen-bond donors (Lipinski definition) is 1. The number of hydrogen-bond acceptors (Lipinski definition) is 7. The molecule has 1 saturated heterocycles. The minimum atomic E-state index is -0.180. The van der Waals surface area contributed by atoms with Crippen molar-refractivity contribution in [1.82, 2.24) is 15.1 Å². The maximum Gasteiger partial charge on any atom is 0.236 e. The van der Waals surface area contributed by atoms with Crippen molar-refractivity contribution in [3.63, 3.8) is 0 Å².